The van der Waals surface area contributed by atoms with Crippen molar-refractivity contribution >= 4 is 10.0 Å². The van der Waals surface area contributed by atoms with E-state index in [2.05, 4.69) is 17.0 Å². The predicted octanol–water partition coefficient (Wildman–Crippen LogP) is 1.87. The lowest BCUT2D eigenvalue weighted by Crippen LogP contribution is -2.39. The van der Waals surface area contributed by atoms with Crippen molar-refractivity contribution in [3.63, 3.8) is 0 Å². The number of hydrogen-bond donors (Lipinski definition) is 2. The van der Waals surface area contributed by atoms with Crippen molar-refractivity contribution in [3.05, 3.63) is 0 Å². The summed E-state index contributed by atoms with van der Waals surface area (Å²) in [5.74, 6) is 0.737. The first-order valence-corrected chi connectivity index (χ1v) is 8.80. The highest BCUT2D eigenvalue weighted by Gasteiger charge is 2.21. The zero-order valence-electron chi connectivity index (χ0n) is 11.7. The molecule has 0 amide bonds. The largest absolute Gasteiger partial charge is 0.315 e. The third kappa shape index (κ3) is 5.67. The van der Waals surface area contributed by atoms with Crippen LogP contribution >= 0.6 is 0 Å². The molecule has 18 heavy (non-hydrogen) atoms. The van der Waals surface area contributed by atoms with Crippen molar-refractivity contribution in [3.8, 4) is 0 Å². The summed E-state index contributed by atoms with van der Waals surface area (Å²) in [7, 11) is -3.14. The molecular formula is C13H28N2O2S. The summed E-state index contributed by atoms with van der Waals surface area (Å²) in [5.41, 5.74) is 0. The third-order valence-electron chi connectivity index (χ3n) is 3.72. The predicted molar refractivity (Wildman–Crippen MR) is 76.1 cm³/mol. The highest BCUT2D eigenvalue weighted by molar-refractivity contribution is 7.90. The molecule has 1 aliphatic carbocycles. The second-order valence-electron chi connectivity index (χ2n) is 5.39. The van der Waals surface area contributed by atoms with Crippen LogP contribution in [0.2, 0.25) is 0 Å². The van der Waals surface area contributed by atoms with Gasteiger partial charge in [-0.25, -0.2) is 13.1 Å². The number of sulfonamides is 1. The monoisotopic (exact) mass is 276 g/mol. The molecule has 5 heteroatoms. The van der Waals surface area contributed by atoms with Gasteiger partial charge in [-0.05, 0) is 32.2 Å². The van der Waals surface area contributed by atoms with Gasteiger partial charge in [-0.3, -0.25) is 0 Å². The van der Waals surface area contributed by atoms with Gasteiger partial charge >= 0.3 is 0 Å². The van der Waals surface area contributed by atoms with E-state index in [-0.39, 0.29) is 5.25 Å². The van der Waals surface area contributed by atoms with Crippen LogP contribution in [0.15, 0.2) is 0 Å². The third-order valence-corrected chi connectivity index (χ3v) is 5.55. The molecule has 1 unspecified atom stereocenters. The van der Waals surface area contributed by atoms with Gasteiger partial charge in [0.1, 0.15) is 0 Å². The summed E-state index contributed by atoms with van der Waals surface area (Å²) in [5, 5.41) is 2.80. The van der Waals surface area contributed by atoms with Crippen LogP contribution in [0.25, 0.3) is 0 Å². The number of nitrogens with one attached hydrogen (secondary N) is 2. The molecule has 0 bridgehead atoms. The average molecular weight is 276 g/mol. The van der Waals surface area contributed by atoms with Crippen molar-refractivity contribution in [2.75, 3.05) is 19.6 Å². The summed E-state index contributed by atoms with van der Waals surface area (Å²) < 4.78 is 26.6. The van der Waals surface area contributed by atoms with Gasteiger partial charge < -0.3 is 5.32 Å². The summed E-state index contributed by atoms with van der Waals surface area (Å²) in [4.78, 5) is 0. The maximum Gasteiger partial charge on any atom is 0.215 e. The second-order valence-corrected chi connectivity index (χ2v) is 7.58. The van der Waals surface area contributed by atoms with Gasteiger partial charge in [-0.1, -0.05) is 32.6 Å². The number of hydrogen-bond acceptors (Lipinski definition) is 3. The van der Waals surface area contributed by atoms with Gasteiger partial charge in [0.05, 0.1) is 5.25 Å². The molecule has 1 saturated carbocycles. The van der Waals surface area contributed by atoms with Crippen LogP contribution in [-0.4, -0.2) is 33.3 Å². The summed E-state index contributed by atoms with van der Waals surface area (Å²) >= 11 is 0. The van der Waals surface area contributed by atoms with Crippen molar-refractivity contribution in [2.45, 2.75) is 57.6 Å². The minimum atomic E-state index is -3.14. The highest BCUT2D eigenvalue weighted by Crippen LogP contribution is 2.26. The van der Waals surface area contributed by atoms with Crippen molar-refractivity contribution < 1.29 is 8.42 Å². The van der Waals surface area contributed by atoms with E-state index in [0.29, 0.717) is 13.1 Å². The Balaban J connectivity index is 2.20. The van der Waals surface area contributed by atoms with Crippen molar-refractivity contribution in [2.24, 2.45) is 5.92 Å². The molecule has 0 aromatic heterocycles. The van der Waals surface area contributed by atoms with Crippen LogP contribution in [0, 0.1) is 5.92 Å². The van der Waals surface area contributed by atoms with Gasteiger partial charge in [0.2, 0.25) is 10.0 Å². The minimum Gasteiger partial charge on any atom is -0.315 e. The summed E-state index contributed by atoms with van der Waals surface area (Å²) in [6, 6.07) is 0. The lowest BCUT2D eigenvalue weighted by Gasteiger charge is -2.15. The van der Waals surface area contributed by atoms with Crippen LogP contribution in [0.4, 0.5) is 0 Å². The molecule has 1 aliphatic rings. The van der Waals surface area contributed by atoms with Crippen molar-refractivity contribution in [1.29, 1.82) is 0 Å². The van der Waals surface area contributed by atoms with E-state index < -0.39 is 10.0 Å². The Morgan fingerprint density at radius 3 is 2.50 bits per heavy atom. The van der Waals surface area contributed by atoms with E-state index >= 15 is 0 Å². The van der Waals surface area contributed by atoms with E-state index in [1.54, 1.807) is 6.92 Å². The van der Waals surface area contributed by atoms with Crippen LogP contribution in [0.1, 0.15) is 52.4 Å². The molecule has 0 saturated heterocycles. The molecule has 0 heterocycles. The molecule has 0 aromatic carbocycles. The standard InChI is InChI=1S/C13H28N2O2S/c1-3-9-14-11-12(2)18(16,17)15-10-8-13-6-4-5-7-13/h12-15H,3-11H2,1-2H3. The smallest absolute Gasteiger partial charge is 0.215 e. The van der Waals surface area contributed by atoms with Crippen LogP contribution in [0.3, 0.4) is 0 Å². The lowest BCUT2D eigenvalue weighted by molar-refractivity contribution is 0.492. The van der Waals surface area contributed by atoms with Crippen LogP contribution < -0.4 is 10.0 Å². The molecular weight excluding hydrogens is 248 g/mol. The average Bonchev–Trinajstić information content (AvgIpc) is 2.82. The highest BCUT2D eigenvalue weighted by atomic mass is 32.2. The molecule has 4 nitrogen and oxygen atoms in total. The van der Waals surface area contributed by atoms with E-state index in [1.807, 2.05) is 0 Å². The maximum absolute atomic E-state index is 11.9. The van der Waals surface area contributed by atoms with Crippen LogP contribution in [0.5, 0.6) is 0 Å². The minimum absolute atomic E-state index is 0.354. The molecule has 0 spiro atoms. The molecule has 0 radical (unpaired) electrons. The summed E-state index contributed by atoms with van der Waals surface area (Å²) in [6.45, 7) is 5.85. The van der Waals surface area contributed by atoms with Gasteiger partial charge in [0.15, 0.2) is 0 Å². The van der Waals surface area contributed by atoms with Crippen LogP contribution in [-0.2, 0) is 10.0 Å². The first-order chi connectivity index (χ1) is 8.56. The summed E-state index contributed by atoms with van der Waals surface area (Å²) in [6.07, 6.45) is 7.20. The molecule has 108 valence electrons. The molecule has 0 aromatic rings. The SMILES string of the molecule is CCCNCC(C)S(=O)(=O)NCCC1CCCC1. The Hall–Kier alpha value is -0.130. The fourth-order valence-electron chi connectivity index (χ4n) is 2.44. The molecule has 1 rings (SSSR count). The van der Waals surface area contributed by atoms with Crippen molar-refractivity contribution in [1.82, 2.24) is 10.0 Å². The zero-order valence-corrected chi connectivity index (χ0v) is 12.6. The Bertz CT molecular complexity index is 311. The fraction of sp³-hybridized carbons (Fsp3) is 1.00. The quantitative estimate of drug-likeness (QED) is 0.632. The normalized spacial score (nSPS) is 19.2. The Morgan fingerprint density at radius 2 is 1.89 bits per heavy atom. The zero-order chi connectivity index (χ0) is 13.4. The van der Waals surface area contributed by atoms with E-state index in [4.69, 9.17) is 0 Å². The first-order valence-electron chi connectivity index (χ1n) is 7.25. The first kappa shape index (κ1) is 15.9. The lowest BCUT2D eigenvalue weighted by atomic mass is 10.1. The van der Waals surface area contributed by atoms with E-state index in [0.717, 1.165) is 25.3 Å². The topological polar surface area (TPSA) is 58.2 Å². The Kier molecular flexibility index (Phi) is 7.19. The fourth-order valence-corrected chi connectivity index (χ4v) is 3.46. The maximum atomic E-state index is 11.9. The van der Waals surface area contributed by atoms with E-state index in [1.165, 1.54) is 25.7 Å². The van der Waals surface area contributed by atoms with Gasteiger partial charge in [0.25, 0.3) is 0 Å². The number of rotatable bonds is 9. The van der Waals surface area contributed by atoms with Gasteiger partial charge in [-0.2, -0.15) is 0 Å². The Labute approximate surface area is 112 Å². The van der Waals surface area contributed by atoms with Gasteiger partial charge in [0, 0.05) is 13.1 Å². The Morgan fingerprint density at radius 1 is 1.22 bits per heavy atom. The van der Waals surface area contributed by atoms with Gasteiger partial charge in [-0.15, -0.1) is 0 Å². The second kappa shape index (κ2) is 8.12. The van der Waals surface area contributed by atoms with E-state index in [9.17, 15) is 8.42 Å². The molecule has 2 N–H and O–H groups in total. The molecule has 1 fully saturated rings. The molecule has 1 atom stereocenters. The molecule has 0 aliphatic heterocycles.